The van der Waals surface area contributed by atoms with Crippen LogP contribution in [0.3, 0.4) is 0 Å². The average Bonchev–Trinajstić information content (AvgIpc) is 3.18. The van der Waals surface area contributed by atoms with Crippen molar-refractivity contribution in [2.24, 2.45) is 0 Å². The number of benzene rings is 1. The van der Waals surface area contributed by atoms with Crippen LogP contribution in [0.2, 0.25) is 0 Å². The van der Waals surface area contributed by atoms with E-state index < -0.39 is 17.3 Å². The fourth-order valence-electron chi connectivity index (χ4n) is 3.17. The van der Waals surface area contributed by atoms with Gasteiger partial charge in [0.25, 0.3) is 0 Å². The minimum atomic E-state index is -4.43. The highest BCUT2D eigenvalue weighted by molar-refractivity contribution is 7.09. The van der Waals surface area contributed by atoms with E-state index >= 15 is 0 Å². The Balaban J connectivity index is 1.61. The van der Waals surface area contributed by atoms with Gasteiger partial charge in [-0.1, -0.05) is 19.1 Å². The van der Waals surface area contributed by atoms with E-state index in [9.17, 15) is 18.0 Å². The molecule has 1 saturated heterocycles. The number of thiazole rings is 1. The maximum absolute atomic E-state index is 12.8. The van der Waals surface area contributed by atoms with Gasteiger partial charge < -0.3 is 9.47 Å². The van der Waals surface area contributed by atoms with Crippen LogP contribution in [-0.2, 0) is 15.7 Å². The molecule has 3 rings (SSSR count). The van der Waals surface area contributed by atoms with Crippen molar-refractivity contribution in [1.82, 2.24) is 9.88 Å². The van der Waals surface area contributed by atoms with Crippen molar-refractivity contribution in [2.45, 2.75) is 25.1 Å². The highest BCUT2D eigenvalue weighted by Crippen LogP contribution is 2.34. The molecule has 28 heavy (non-hydrogen) atoms. The second-order valence-electron chi connectivity index (χ2n) is 6.71. The van der Waals surface area contributed by atoms with E-state index in [4.69, 9.17) is 9.47 Å². The Morgan fingerprint density at radius 1 is 1.39 bits per heavy atom. The summed E-state index contributed by atoms with van der Waals surface area (Å²) in [6.45, 7) is 4.44. The number of hydrogen-bond acceptors (Lipinski definition) is 6. The lowest BCUT2D eigenvalue weighted by molar-refractivity contribution is -0.138. The number of methoxy groups -OCH3 is 1. The highest BCUT2D eigenvalue weighted by atomic mass is 32.1. The predicted octanol–water partition coefficient (Wildman–Crippen LogP) is 4.13. The molecule has 9 heteroatoms. The normalized spacial score (nSPS) is 19.4. The van der Waals surface area contributed by atoms with E-state index in [2.05, 4.69) is 16.8 Å². The summed E-state index contributed by atoms with van der Waals surface area (Å²) in [5.74, 6) is -0.191. The number of halogens is 3. The Morgan fingerprint density at radius 2 is 2.11 bits per heavy atom. The fourth-order valence-corrected chi connectivity index (χ4v) is 3.90. The highest BCUT2D eigenvalue weighted by Gasteiger charge is 2.36. The third-order valence-electron chi connectivity index (χ3n) is 4.68. The van der Waals surface area contributed by atoms with Crippen LogP contribution >= 0.6 is 11.3 Å². The number of morpholine rings is 1. The van der Waals surface area contributed by atoms with Crippen molar-refractivity contribution in [1.29, 1.82) is 0 Å². The topological polar surface area (TPSA) is 51.7 Å². The molecule has 0 aliphatic carbocycles. The second-order valence-corrected chi connectivity index (χ2v) is 7.57. The lowest BCUT2D eigenvalue weighted by Gasteiger charge is -2.34. The minimum Gasteiger partial charge on any atom is -0.465 e. The number of ether oxygens (including phenoxy) is 2. The zero-order valence-corrected chi connectivity index (χ0v) is 16.3. The molecule has 0 spiro atoms. The predicted molar refractivity (Wildman–Crippen MR) is 98.4 cm³/mol. The largest absolute Gasteiger partial charge is 0.465 e. The maximum atomic E-state index is 12.8. The van der Waals surface area contributed by atoms with Crippen LogP contribution in [0, 0.1) is 0 Å². The van der Waals surface area contributed by atoms with Crippen LogP contribution in [0.1, 0.15) is 45.6 Å². The van der Waals surface area contributed by atoms with Gasteiger partial charge in [0.05, 0.1) is 25.0 Å². The van der Waals surface area contributed by atoms with Gasteiger partial charge in [-0.25, -0.2) is 9.78 Å². The zero-order valence-electron chi connectivity index (χ0n) is 15.5. The van der Waals surface area contributed by atoms with Gasteiger partial charge in [0.2, 0.25) is 0 Å². The molecule has 2 heterocycles. The maximum Gasteiger partial charge on any atom is 0.443 e. The van der Waals surface area contributed by atoms with E-state index in [1.807, 2.05) is 12.1 Å². The third kappa shape index (κ3) is 4.89. The number of hydrogen-bond donors (Lipinski definition) is 0. The number of esters is 1. The molecular weight excluding hydrogens is 393 g/mol. The van der Waals surface area contributed by atoms with Crippen LogP contribution in [0.5, 0.6) is 0 Å². The molecule has 1 aromatic heterocycles. The molecule has 0 amide bonds. The van der Waals surface area contributed by atoms with E-state index in [0.29, 0.717) is 42.3 Å². The van der Waals surface area contributed by atoms with Gasteiger partial charge in [-0.2, -0.15) is 13.2 Å². The minimum absolute atomic E-state index is 0.187. The van der Waals surface area contributed by atoms with Gasteiger partial charge in [-0.3, -0.25) is 4.90 Å². The first-order chi connectivity index (χ1) is 13.3. The third-order valence-corrected chi connectivity index (χ3v) is 5.58. The van der Waals surface area contributed by atoms with Gasteiger partial charge in [-0.05, 0) is 23.6 Å². The van der Waals surface area contributed by atoms with Crippen LogP contribution in [0.25, 0.3) is 0 Å². The Morgan fingerprint density at radius 3 is 2.71 bits per heavy atom. The standard InChI is InChI=1S/C19H21F3N2O3S/c1-12(13-3-5-14(6-4-13)17(25)26-2)9-24-7-8-27-16(10-24)15-11-28-18(23-15)19(20,21)22/h3-6,11-12,16H,7-10H2,1-2H3. The van der Waals surface area contributed by atoms with Gasteiger partial charge in [0.15, 0.2) is 5.01 Å². The van der Waals surface area contributed by atoms with Crippen molar-refractivity contribution in [2.75, 3.05) is 33.4 Å². The molecule has 0 bridgehead atoms. The lowest BCUT2D eigenvalue weighted by atomic mass is 9.99. The first-order valence-electron chi connectivity index (χ1n) is 8.82. The molecule has 2 aromatic rings. The molecule has 2 atom stereocenters. The van der Waals surface area contributed by atoms with E-state index in [1.165, 1.54) is 12.5 Å². The van der Waals surface area contributed by atoms with Crippen molar-refractivity contribution < 1.29 is 27.4 Å². The van der Waals surface area contributed by atoms with Crippen LogP contribution in [-0.4, -0.2) is 49.2 Å². The van der Waals surface area contributed by atoms with Gasteiger partial charge in [0, 0.05) is 25.0 Å². The SMILES string of the molecule is COC(=O)c1ccc(C(C)CN2CCOC(c3csc(C(F)(F)F)n3)C2)cc1. The molecule has 5 nitrogen and oxygen atoms in total. The van der Waals surface area contributed by atoms with Gasteiger partial charge >= 0.3 is 12.1 Å². The Bertz CT molecular complexity index is 808. The molecule has 1 fully saturated rings. The summed E-state index contributed by atoms with van der Waals surface area (Å²) in [5.41, 5.74) is 1.90. The summed E-state index contributed by atoms with van der Waals surface area (Å²) >= 11 is 0.595. The summed E-state index contributed by atoms with van der Waals surface area (Å²) < 4.78 is 48.7. The number of carbonyl (C=O) groups is 1. The van der Waals surface area contributed by atoms with Crippen LogP contribution in [0.15, 0.2) is 29.6 Å². The second kappa shape index (κ2) is 8.59. The van der Waals surface area contributed by atoms with E-state index in [1.54, 1.807) is 12.1 Å². The fraction of sp³-hybridized carbons (Fsp3) is 0.474. The van der Waals surface area contributed by atoms with Crippen molar-refractivity contribution >= 4 is 17.3 Å². The Kier molecular flexibility index (Phi) is 6.36. The molecule has 1 aliphatic heterocycles. The summed E-state index contributed by atoms with van der Waals surface area (Å²) in [6, 6.07) is 7.25. The van der Waals surface area contributed by atoms with E-state index in [-0.39, 0.29) is 11.9 Å². The average molecular weight is 414 g/mol. The summed E-state index contributed by atoms with van der Waals surface area (Å²) in [6.07, 6.45) is -4.89. The molecule has 152 valence electrons. The number of alkyl halides is 3. The number of carbonyl (C=O) groups excluding carboxylic acids is 1. The summed E-state index contributed by atoms with van der Waals surface area (Å²) in [5, 5.41) is 0.577. The molecule has 1 aliphatic rings. The van der Waals surface area contributed by atoms with Crippen molar-refractivity contribution in [3.8, 4) is 0 Å². The van der Waals surface area contributed by atoms with E-state index in [0.717, 1.165) is 12.1 Å². The number of aromatic nitrogens is 1. The number of nitrogens with zero attached hydrogens (tertiary/aromatic N) is 2. The summed E-state index contributed by atoms with van der Waals surface area (Å²) in [7, 11) is 1.34. The van der Waals surface area contributed by atoms with Crippen LogP contribution < -0.4 is 0 Å². The zero-order chi connectivity index (χ0) is 20.3. The van der Waals surface area contributed by atoms with Gasteiger partial charge in [-0.15, -0.1) is 11.3 Å². The summed E-state index contributed by atoms with van der Waals surface area (Å²) in [4.78, 5) is 17.4. The van der Waals surface area contributed by atoms with Gasteiger partial charge in [0.1, 0.15) is 6.10 Å². The molecular formula is C19H21F3N2O3S. The quantitative estimate of drug-likeness (QED) is 0.689. The molecule has 0 saturated carbocycles. The first kappa shape index (κ1) is 20.8. The molecule has 1 aromatic carbocycles. The monoisotopic (exact) mass is 414 g/mol. The Labute approximate surface area is 165 Å². The smallest absolute Gasteiger partial charge is 0.443 e. The number of rotatable bonds is 5. The molecule has 0 radical (unpaired) electrons. The molecule has 2 unspecified atom stereocenters. The molecule has 0 N–H and O–H groups in total. The van der Waals surface area contributed by atoms with Crippen molar-refractivity contribution in [3.05, 3.63) is 51.5 Å². The Hall–Kier alpha value is -1.97. The van der Waals surface area contributed by atoms with Crippen molar-refractivity contribution in [3.63, 3.8) is 0 Å². The lowest BCUT2D eigenvalue weighted by Crippen LogP contribution is -2.40. The van der Waals surface area contributed by atoms with Crippen LogP contribution in [0.4, 0.5) is 13.2 Å². The first-order valence-corrected chi connectivity index (χ1v) is 9.70.